The highest BCUT2D eigenvalue weighted by Crippen LogP contribution is 2.23. The smallest absolute Gasteiger partial charge is 0.257 e. The molecule has 1 aromatic rings. The molecule has 0 radical (unpaired) electrons. The van der Waals surface area contributed by atoms with Gasteiger partial charge < -0.3 is 15.2 Å². The number of halogens is 2. The fourth-order valence-corrected chi connectivity index (χ4v) is 1.29. The number of ether oxygens (including phenoxy) is 1. The van der Waals surface area contributed by atoms with Gasteiger partial charge in [0.1, 0.15) is 0 Å². The van der Waals surface area contributed by atoms with Crippen LogP contribution in [-0.2, 0) is 11.4 Å². The molecule has 0 aliphatic rings. The van der Waals surface area contributed by atoms with Gasteiger partial charge in [0.05, 0.1) is 19.1 Å². The van der Waals surface area contributed by atoms with Crippen LogP contribution < -0.4 is 10.1 Å². The van der Waals surface area contributed by atoms with E-state index in [1.165, 1.54) is 0 Å². The first-order chi connectivity index (χ1) is 9.08. The van der Waals surface area contributed by atoms with Crippen LogP contribution in [0.25, 0.3) is 0 Å². The summed E-state index contributed by atoms with van der Waals surface area (Å²) in [6.07, 6.45) is 0.139. The predicted octanol–water partition coefficient (Wildman–Crippen LogP) is 0.866. The number of nitrogens with zero attached hydrogens (tertiary/aromatic N) is 1. The molecule has 0 spiro atoms. The Morgan fingerprint density at radius 3 is 2.58 bits per heavy atom. The zero-order valence-electron chi connectivity index (χ0n) is 9.95. The number of aliphatic hydroxyl groups excluding tert-OH is 1. The molecule has 0 heterocycles. The predicted molar refractivity (Wildman–Crippen MR) is 61.0 cm³/mol. The fourth-order valence-electron chi connectivity index (χ4n) is 1.29. The zero-order chi connectivity index (χ0) is 14.3. The third-order valence-electron chi connectivity index (χ3n) is 2.15. The van der Waals surface area contributed by atoms with E-state index in [0.29, 0.717) is 0 Å². The molecule has 7 heteroatoms. The Bertz CT molecular complexity index is 477. The first kappa shape index (κ1) is 14.9. The molecule has 19 heavy (non-hydrogen) atoms. The molecular formula is C12H12F2N2O3. The van der Waals surface area contributed by atoms with Crippen molar-refractivity contribution >= 4 is 5.91 Å². The Hall–Kier alpha value is -2.20. The first-order valence-corrected chi connectivity index (χ1v) is 5.43. The summed E-state index contributed by atoms with van der Waals surface area (Å²) in [5.74, 6) is -3.24. The van der Waals surface area contributed by atoms with E-state index in [-0.39, 0.29) is 18.5 Å². The molecule has 0 saturated carbocycles. The number of hydrogen-bond donors (Lipinski definition) is 2. The van der Waals surface area contributed by atoms with E-state index < -0.39 is 36.5 Å². The normalized spacial score (nSPS) is 9.79. The maximum absolute atomic E-state index is 13.4. The molecule has 0 unspecified atom stereocenters. The summed E-state index contributed by atoms with van der Waals surface area (Å²) >= 11 is 0. The molecular weight excluding hydrogens is 258 g/mol. The number of aliphatic hydroxyl groups is 1. The van der Waals surface area contributed by atoms with Gasteiger partial charge in [-0.1, -0.05) is 0 Å². The van der Waals surface area contributed by atoms with Crippen molar-refractivity contribution in [3.8, 4) is 11.8 Å². The van der Waals surface area contributed by atoms with Crippen molar-refractivity contribution in [1.82, 2.24) is 5.32 Å². The number of amides is 1. The van der Waals surface area contributed by atoms with Gasteiger partial charge in [-0.05, 0) is 17.7 Å². The number of carbonyl (C=O) groups is 1. The zero-order valence-corrected chi connectivity index (χ0v) is 9.95. The largest absolute Gasteiger partial charge is 0.478 e. The second-order valence-corrected chi connectivity index (χ2v) is 3.59. The van der Waals surface area contributed by atoms with Crippen LogP contribution in [0.4, 0.5) is 8.78 Å². The highest BCUT2D eigenvalue weighted by molar-refractivity contribution is 5.77. The maximum Gasteiger partial charge on any atom is 0.257 e. The Morgan fingerprint density at radius 2 is 2.05 bits per heavy atom. The lowest BCUT2D eigenvalue weighted by molar-refractivity contribution is -0.123. The van der Waals surface area contributed by atoms with Gasteiger partial charge in [0.2, 0.25) is 0 Å². The summed E-state index contributed by atoms with van der Waals surface area (Å²) < 4.78 is 31.5. The number of benzene rings is 1. The molecule has 0 fully saturated rings. The van der Waals surface area contributed by atoms with Crippen molar-refractivity contribution in [3.63, 3.8) is 0 Å². The average molecular weight is 270 g/mol. The van der Waals surface area contributed by atoms with E-state index in [2.05, 4.69) is 5.32 Å². The number of nitrogens with one attached hydrogen (secondary N) is 1. The Labute approximate surface area is 108 Å². The van der Waals surface area contributed by atoms with E-state index in [1.807, 2.05) is 6.07 Å². The van der Waals surface area contributed by atoms with Gasteiger partial charge in [0, 0.05) is 6.54 Å². The van der Waals surface area contributed by atoms with Crippen LogP contribution in [0.3, 0.4) is 0 Å². The van der Waals surface area contributed by atoms with Crippen molar-refractivity contribution in [2.75, 3.05) is 13.2 Å². The molecule has 0 atom stereocenters. The quantitative estimate of drug-likeness (QED) is 0.751. The molecule has 0 aliphatic heterocycles. The minimum atomic E-state index is -0.992. The fraction of sp³-hybridized carbons (Fsp3) is 0.333. The first-order valence-electron chi connectivity index (χ1n) is 5.43. The highest BCUT2D eigenvalue weighted by Gasteiger charge is 2.14. The van der Waals surface area contributed by atoms with Crippen molar-refractivity contribution in [2.24, 2.45) is 0 Å². The summed E-state index contributed by atoms with van der Waals surface area (Å²) in [5.41, 5.74) is 0.0702. The standard InChI is InChI=1S/C12H12F2N2O3/c13-9-4-8(6-17)5-10(14)12(9)19-7-11(18)16-3-1-2-15/h4-5,17H,1,3,6-7H2,(H,16,18). The molecule has 0 aliphatic carbocycles. The van der Waals surface area contributed by atoms with Crippen LogP contribution >= 0.6 is 0 Å². The van der Waals surface area contributed by atoms with Crippen molar-refractivity contribution in [2.45, 2.75) is 13.0 Å². The second-order valence-electron chi connectivity index (χ2n) is 3.59. The van der Waals surface area contributed by atoms with E-state index >= 15 is 0 Å². The SMILES string of the molecule is N#CCCNC(=O)COc1c(F)cc(CO)cc1F. The van der Waals surface area contributed by atoms with Gasteiger partial charge in [-0.3, -0.25) is 4.79 Å². The van der Waals surface area contributed by atoms with Crippen LogP contribution in [0.2, 0.25) is 0 Å². The third-order valence-corrected chi connectivity index (χ3v) is 2.15. The lowest BCUT2D eigenvalue weighted by atomic mass is 10.2. The van der Waals surface area contributed by atoms with E-state index in [1.54, 1.807) is 0 Å². The van der Waals surface area contributed by atoms with Crippen LogP contribution in [0.1, 0.15) is 12.0 Å². The molecule has 2 N–H and O–H groups in total. The molecule has 1 amide bonds. The minimum Gasteiger partial charge on any atom is -0.478 e. The number of hydrogen-bond acceptors (Lipinski definition) is 4. The van der Waals surface area contributed by atoms with E-state index in [0.717, 1.165) is 12.1 Å². The summed E-state index contributed by atoms with van der Waals surface area (Å²) in [6.45, 7) is -0.909. The van der Waals surface area contributed by atoms with Gasteiger partial charge in [-0.25, -0.2) is 8.78 Å². The number of rotatable bonds is 6. The second kappa shape index (κ2) is 7.28. The molecule has 5 nitrogen and oxygen atoms in total. The summed E-state index contributed by atoms with van der Waals surface area (Å²) in [4.78, 5) is 11.2. The van der Waals surface area contributed by atoms with Gasteiger partial charge in [0.25, 0.3) is 5.91 Å². The molecule has 102 valence electrons. The number of carbonyl (C=O) groups excluding carboxylic acids is 1. The maximum atomic E-state index is 13.4. The third kappa shape index (κ3) is 4.52. The van der Waals surface area contributed by atoms with E-state index in [9.17, 15) is 13.6 Å². The minimum absolute atomic E-state index is 0.0702. The molecule has 0 saturated heterocycles. The molecule has 0 aromatic heterocycles. The van der Waals surface area contributed by atoms with E-state index in [4.69, 9.17) is 15.1 Å². The summed E-state index contributed by atoms with van der Waals surface area (Å²) in [7, 11) is 0. The van der Waals surface area contributed by atoms with Gasteiger partial charge in [-0.2, -0.15) is 5.26 Å². The average Bonchev–Trinajstić information content (AvgIpc) is 2.37. The van der Waals surface area contributed by atoms with Crippen LogP contribution in [0, 0.1) is 23.0 Å². The number of nitriles is 1. The Balaban J connectivity index is 2.58. The van der Waals surface area contributed by atoms with Gasteiger partial charge >= 0.3 is 0 Å². The van der Waals surface area contributed by atoms with Crippen molar-refractivity contribution in [1.29, 1.82) is 5.26 Å². The molecule has 0 bridgehead atoms. The Kier molecular flexibility index (Phi) is 5.70. The van der Waals surface area contributed by atoms with Crippen molar-refractivity contribution < 1.29 is 23.4 Å². The van der Waals surface area contributed by atoms with Gasteiger partial charge in [0.15, 0.2) is 24.0 Å². The summed E-state index contributed by atoms with van der Waals surface area (Å²) in [6, 6.07) is 3.67. The molecule has 1 rings (SSSR count). The highest BCUT2D eigenvalue weighted by atomic mass is 19.1. The Morgan fingerprint density at radius 1 is 1.42 bits per heavy atom. The van der Waals surface area contributed by atoms with Crippen LogP contribution in [0.15, 0.2) is 12.1 Å². The van der Waals surface area contributed by atoms with Crippen molar-refractivity contribution in [3.05, 3.63) is 29.3 Å². The van der Waals surface area contributed by atoms with Gasteiger partial charge in [-0.15, -0.1) is 0 Å². The lowest BCUT2D eigenvalue weighted by Gasteiger charge is -2.09. The summed E-state index contributed by atoms with van der Waals surface area (Å²) in [5, 5.41) is 19.4. The van der Waals surface area contributed by atoms with Crippen LogP contribution in [0.5, 0.6) is 5.75 Å². The van der Waals surface area contributed by atoms with Crippen LogP contribution in [-0.4, -0.2) is 24.2 Å². The monoisotopic (exact) mass is 270 g/mol. The molecule has 1 aromatic carbocycles. The topological polar surface area (TPSA) is 82.4 Å². The lowest BCUT2D eigenvalue weighted by Crippen LogP contribution is -2.29.